The van der Waals surface area contributed by atoms with E-state index in [4.69, 9.17) is 11.2 Å². The van der Waals surface area contributed by atoms with Crippen LogP contribution in [0.25, 0.3) is 0 Å². The van der Waals surface area contributed by atoms with Crippen LogP contribution >= 0.6 is 12.6 Å². The zero-order valence-electron chi connectivity index (χ0n) is 8.71. The van der Waals surface area contributed by atoms with Gasteiger partial charge in [-0.1, -0.05) is 18.1 Å². The molecule has 1 aromatic carbocycles. The van der Waals surface area contributed by atoms with E-state index in [-0.39, 0.29) is 12.4 Å². The van der Waals surface area contributed by atoms with Gasteiger partial charge in [-0.3, -0.25) is 0 Å². The van der Waals surface area contributed by atoms with Crippen LogP contribution in [-0.4, -0.2) is 28.7 Å². The standard InChI is InChI=1S/C12H14O3S/c1-2-7-15-10-5-3-9(4-6-10)12(14)11(13)8-16/h1,3-6,11-14,16H,7-8H2. The summed E-state index contributed by atoms with van der Waals surface area (Å²) in [7, 11) is 0. The van der Waals surface area contributed by atoms with Gasteiger partial charge in [-0.2, -0.15) is 12.6 Å². The average Bonchev–Trinajstić information content (AvgIpc) is 2.35. The summed E-state index contributed by atoms with van der Waals surface area (Å²) in [5.74, 6) is 3.20. The van der Waals surface area contributed by atoms with E-state index in [0.717, 1.165) is 0 Å². The van der Waals surface area contributed by atoms with Crippen molar-refractivity contribution in [3.05, 3.63) is 29.8 Å². The minimum Gasteiger partial charge on any atom is -0.481 e. The van der Waals surface area contributed by atoms with Gasteiger partial charge in [0.2, 0.25) is 0 Å². The Morgan fingerprint density at radius 1 is 1.31 bits per heavy atom. The Bertz CT molecular complexity index is 356. The van der Waals surface area contributed by atoms with Crippen molar-refractivity contribution in [2.75, 3.05) is 12.4 Å². The number of hydrogen-bond donors (Lipinski definition) is 3. The largest absolute Gasteiger partial charge is 0.481 e. The van der Waals surface area contributed by atoms with E-state index in [1.165, 1.54) is 0 Å². The molecule has 0 saturated carbocycles. The van der Waals surface area contributed by atoms with Crippen molar-refractivity contribution in [3.8, 4) is 18.1 Å². The van der Waals surface area contributed by atoms with Gasteiger partial charge in [-0.05, 0) is 17.7 Å². The van der Waals surface area contributed by atoms with Gasteiger partial charge in [-0.25, -0.2) is 0 Å². The van der Waals surface area contributed by atoms with Crippen LogP contribution in [0.15, 0.2) is 24.3 Å². The minimum absolute atomic E-state index is 0.205. The number of thiol groups is 1. The quantitative estimate of drug-likeness (QED) is 0.530. The molecular weight excluding hydrogens is 224 g/mol. The highest BCUT2D eigenvalue weighted by atomic mass is 32.1. The second-order valence-electron chi connectivity index (χ2n) is 3.26. The van der Waals surface area contributed by atoms with Crippen molar-refractivity contribution in [3.63, 3.8) is 0 Å². The summed E-state index contributed by atoms with van der Waals surface area (Å²) < 4.78 is 5.18. The first kappa shape index (κ1) is 12.9. The third-order valence-electron chi connectivity index (χ3n) is 2.10. The van der Waals surface area contributed by atoms with E-state index in [1.54, 1.807) is 24.3 Å². The fourth-order valence-electron chi connectivity index (χ4n) is 1.21. The van der Waals surface area contributed by atoms with Gasteiger partial charge in [0, 0.05) is 5.75 Å². The number of rotatable bonds is 5. The monoisotopic (exact) mass is 238 g/mol. The Morgan fingerprint density at radius 3 is 2.44 bits per heavy atom. The smallest absolute Gasteiger partial charge is 0.148 e. The predicted octanol–water partition coefficient (Wildman–Crippen LogP) is 1.02. The fraction of sp³-hybridized carbons (Fsp3) is 0.333. The predicted molar refractivity (Wildman–Crippen MR) is 65.6 cm³/mol. The number of hydrogen-bond acceptors (Lipinski definition) is 4. The van der Waals surface area contributed by atoms with Crippen LogP contribution in [0.3, 0.4) is 0 Å². The van der Waals surface area contributed by atoms with E-state index in [2.05, 4.69) is 18.5 Å². The SMILES string of the molecule is C#CCOc1ccc(C(O)C(O)CS)cc1. The van der Waals surface area contributed by atoms with E-state index < -0.39 is 12.2 Å². The van der Waals surface area contributed by atoms with E-state index in [9.17, 15) is 10.2 Å². The lowest BCUT2D eigenvalue weighted by Crippen LogP contribution is -2.19. The zero-order valence-corrected chi connectivity index (χ0v) is 9.60. The summed E-state index contributed by atoms with van der Waals surface area (Å²) in [6.07, 6.45) is 3.25. The van der Waals surface area contributed by atoms with Crippen molar-refractivity contribution < 1.29 is 14.9 Å². The highest BCUT2D eigenvalue weighted by molar-refractivity contribution is 7.80. The lowest BCUT2D eigenvalue weighted by Gasteiger charge is -2.16. The molecule has 0 amide bonds. The summed E-state index contributed by atoms with van der Waals surface area (Å²) in [4.78, 5) is 0. The van der Waals surface area contributed by atoms with Crippen LogP contribution in [0.5, 0.6) is 5.75 Å². The van der Waals surface area contributed by atoms with Crippen LogP contribution in [0.1, 0.15) is 11.7 Å². The molecule has 2 unspecified atom stereocenters. The van der Waals surface area contributed by atoms with Gasteiger partial charge in [0.25, 0.3) is 0 Å². The summed E-state index contributed by atoms with van der Waals surface area (Å²) in [5, 5.41) is 19.1. The number of aliphatic hydroxyl groups is 2. The first-order valence-electron chi connectivity index (χ1n) is 4.82. The van der Waals surface area contributed by atoms with Crippen LogP contribution < -0.4 is 4.74 Å². The molecule has 16 heavy (non-hydrogen) atoms. The van der Waals surface area contributed by atoms with E-state index in [0.29, 0.717) is 11.3 Å². The molecular formula is C12H14O3S. The Hall–Kier alpha value is -1.15. The molecule has 3 nitrogen and oxygen atoms in total. The topological polar surface area (TPSA) is 49.7 Å². The molecule has 0 aliphatic carbocycles. The number of benzene rings is 1. The summed E-state index contributed by atoms with van der Waals surface area (Å²) >= 11 is 3.91. The van der Waals surface area contributed by atoms with Gasteiger partial charge in [0.1, 0.15) is 18.5 Å². The van der Waals surface area contributed by atoms with Crippen molar-refractivity contribution in [2.24, 2.45) is 0 Å². The molecule has 2 N–H and O–H groups in total. The third-order valence-corrected chi connectivity index (χ3v) is 2.47. The first-order chi connectivity index (χ1) is 7.69. The molecule has 0 aromatic heterocycles. The highest BCUT2D eigenvalue weighted by Crippen LogP contribution is 2.20. The first-order valence-corrected chi connectivity index (χ1v) is 5.45. The molecule has 0 saturated heterocycles. The maximum atomic E-state index is 9.68. The minimum atomic E-state index is -0.931. The molecule has 0 heterocycles. The Morgan fingerprint density at radius 2 is 1.94 bits per heavy atom. The van der Waals surface area contributed by atoms with Gasteiger partial charge in [0.05, 0.1) is 6.10 Å². The van der Waals surface area contributed by atoms with Gasteiger partial charge >= 0.3 is 0 Å². The Balaban J connectivity index is 2.67. The van der Waals surface area contributed by atoms with Gasteiger partial charge < -0.3 is 14.9 Å². The Kier molecular flexibility index (Phi) is 5.20. The molecule has 1 rings (SSSR count). The molecule has 0 aliphatic heterocycles. The van der Waals surface area contributed by atoms with E-state index in [1.807, 2.05) is 0 Å². The highest BCUT2D eigenvalue weighted by Gasteiger charge is 2.16. The molecule has 2 atom stereocenters. The summed E-state index contributed by atoms with van der Waals surface area (Å²) in [6, 6.07) is 6.76. The second kappa shape index (κ2) is 6.44. The van der Waals surface area contributed by atoms with Crippen molar-refractivity contribution >= 4 is 12.6 Å². The van der Waals surface area contributed by atoms with Gasteiger partial charge in [-0.15, -0.1) is 6.42 Å². The molecule has 0 spiro atoms. The van der Waals surface area contributed by atoms with Crippen LogP contribution in [0.2, 0.25) is 0 Å². The van der Waals surface area contributed by atoms with Crippen molar-refractivity contribution in [2.45, 2.75) is 12.2 Å². The van der Waals surface area contributed by atoms with Crippen LogP contribution in [0, 0.1) is 12.3 Å². The third kappa shape index (κ3) is 3.46. The van der Waals surface area contributed by atoms with Crippen molar-refractivity contribution in [1.29, 1.82) is 0 Å². The average molecular weight is 238 g/mol. The summed E-state index contributed by atoms with van der Waals surface area (Å²) in [6.45, 7) is 0.209. The maximum absolute atomic E-state index is 9.68. The molecule has 86 valence electrons. The van der Waals surface area contributed by atoms with Crippen LogP contribution in [0.4, 0.5) is 0 Å². The molecule has 0 fully saturated rings. The summed E-state index contributed by atoms with van der Waals surface area (Å²) in [5.41, 5.74) is 0.620. The molecule has 1 aromatic rings. The zero-order chi connectivity index (χ0) is 12.0. The maximum Gasteiger partial charge on any atom is 0.148 e. The second-order valence-corrected chi connectivity index (χ2v) is 3.62. The fourth-order valence-corrected chi connectivity index (χ4v) is 1.41. The Labute approximate surface area is 100 Å². The molecule has 0 aliphatic rings. The van der Waals surface area contributed by atoms with Crippen LogP contribution in [-0.2, 0) is 0 Å². The van der Waals surface area contributed by atoms with E-state index >= 15 is 0 Å². The molecule has 4 heteroatoms. The lowest BCUT2D eigenvalue weighted by atomic mass is 10.1. The number of aliphatic hydroxyl groups excluding tert-OH is 2. The number of terminal acetylenes is 1. The molecule has 0 radical (unpaired) electrons. The number of ether oxygens (including phenoxy) is 1. The van der Waals surface area contributed by atoms with Gasteiger partial charge in [0.15, 0.2) is 0 Å². The normalized spacial score (nSPS) is 13.9. The van der Waals surface area contributed by atoms with Crippen molar-refractivity contribution in [1.82, 2.24) is 0 Å². The molecule has 0 bridgehead atoms. The lowest BCUT2D eigenvalue weighted by molar-refractivity contribution is 0.0337.